The van der Waals surface area contributed by atoms with Crippen molar-refractivity contribution >= 4 is 34.3 Å². The van der Waals surface area contributed by atoms with E-state index >= 15 is 0 Å². The van der Waals surface area contributed by atoms with Gasteiger partial charge in [-0.15, -0.1) is 0 Å². The first kappa shape index (κ1) is 14.8. The van der Waals surface area contributed by atoms with Crippen LogP contribution in [0.15, 0.2) is 48.5 Å². The molecule has 20 heavy (non-hydrogen) atoms. The van der Waals surface area contributed by atoms with Gasteiger partial charge >= 0.3 is 6.03 Å². The van der Waals surface area contributed by atoms with Gasteiger partial charge in [-0.05, 0) is 64.9 Å². The van der Waals surface area contributed by atoms with E-state index in [9.17, 15) is 9.18 Å². The molecule has 0 spiro atoms. The molecular weight excluding hydrogens is 370 g/mol. The topological polar surface area (TPSA) is 41.1 Å². The Morgan fingerprint density at radius 2 is 1.95 bits per heavy atom. The summed E-state index contributed by atoms with van der Waals surface area (Å²) < 4.78 is 14.0. The third-order valence-electron chi connectivity index (χ3n) is 2.67. The number of urea groups is 1. The Morgan fingerprint density at radius 3 is 2.70 bits per heavy atom. The van der Waals surface area contributed by atoms with E-state index in [0.29, 0.717) is 13.0 Å². The molecule has 0 aliphatic heterocycles. The van der Waals surface area contributed by atoms with Gasteiger partial charge in [0.1, 0.15) is 5.82 Å². The molecule has 0 aliphatic rings. The molecule has 0 unspecified atom stereocenters. The number of amides is 2. The number of carbonyl (C=O) groups is 1. The van der Waals surface area contributed by atoms with Gasteiger partial charge in [-0.3, -0.25) is 0 Å². The first-order valence-electron chi connectivity index (χ1n) is 6.18. The van der Waals surface area contributed by atoms with E-state index < -0.39 is 0 Å². The van der Waals surface area contributed by atoms with E-state index in [-0.39, 0.29) is 11.8 Å². The molecule has 0 aliphatic carbocycles. The lowest BCUT2D eigenvalue weighted by atomic mass is 10.1. The molecular formula is C15H14FIN2O. The molecule has 2 aromatic rings. The summed E-state index contributed by atoms with van der Waals surface area (Å²) in [5, 5.41) is 5.50. The van der Waals surface area contributed by atoms with Crippen LogP contribution in [0.1, 0.15) is 5.56 Å². The predicted octanol–water partition coefficient (Wildman–Crippen LogP) is 3.79. The lowest BCUT2D eigenvalue weighted by Gasteiger charge is -2.08. The number of halogens is 2. The molecule has 0 atom stereocenters. The summed E-state index contributed by atoms with van der Waals surface area (Å²) in [6, 6.07) is 13.7. The van der Waals surface area contributed by atoms with Crippen molar-refractivity contribution in [3.8, 4) is 0 Å². The van der Waals surface area contributed by atoms with Crippen molar-refractivity contribution in [2.75, 3.05) is 11.9 Å². The Kier molecular flexibility index (Phi) is 5.34. The summed E-state index contributed by atoms with van der Waals surface area (Å²) in [7, 11) is 0. The number of benzene rings is 2. The standard InChI is InChI=1S/C15H14FIN2O/c16-12-4-1-3-11(9-12)7-8-18-15(20)19-14-6-2-5-13(17)10-14/h1-6,9-10H,7-8H2,(H2,18,19,20). The molecule has 0 saturated heterocycles. The van der Waals surface area contributed by atoms with Crippen LogP contribution in [0, 0.1) is 9.39 Å². The van der Waals surface area contributed by atoms with Gasteiger partial charge in [-0.1, -0.05) is 18.2 Å². The van der Waals surface area contributed by atoms with Crippen LogP contribution in [-0.4, -0.2) is 12.6 Å². The Hall–Kier alpha value is -1.63. The van der Waals surface area contributed by atoms with Gasteiger partial charge in [0.05, 0.1) is 0 Å². The quantitative estimate of drug-likeness (QED) is 0.774. The predicted molar refractivity (Wildman–Crippen MR) is 86.3 cm³/mol. The third kappa shape index (κ3) is 4.80. The average molecular weight is 384 g/mol. The van der Waals surface area contributed by atoms with Gasteiger partial charge in [-0.2, -0.15) is 0 Å². The number of hydrogen-bond donors (Lipinski definition) is 2. The molecule has 2 N–H and O–H groups in total. The van der Waals surface area contributed by atoms with Crippen LogP contribution in [-0.2, 0) is 6.42 Å². The van der Waals surface area contributed by atoms with E-state index in [2.05, 4.69) is 33.2 Å². The molecule has 5 heteroatoms. The molecule has 0 radical (unpaired) electrons. The van der Waals surface area contributed by atoms with Gasteiger partial charge in [0.15, 0.2) is 0 Å². The second-order valence-corrected chi connectivity index (χ2v) is 5.52. The summed E-state index contributed by atoms with van der Waals surface area (Å²) in [4.78, 5) is 11.7. The van der Waals surface area contributed by atoms with Crippen LogP contribution < -0.4 is 10.6 Å². The van der Waals surface area contributed by atoms with Crippen LogP contribution in [0.3, 0.4) is 0 Å². The van der Waals surface area contributed by atoms with Gasteiger partial charge in [0.25, 0.3) is 0 Å². The van der Waals surface area contributed by atoms with E-state index in [1.165, 1.54) is 12.1 Å². The monoisotopic (exact) mass is 384 g/mol. The molecule has 0 aromatic heterocycles. The average Bonchev–Trinajstić information content (AvgIpc) is 2.38. The zero-order valence-corrected chi connectivity index (χ0v) is 12.9. The molecule has 2 rings (SSSR count). The Balaban J connectivity index is 1.78. The minimum Gasteiger partial charge on any atom is -0.338 e. The zero-order chi connectivity index (χ0) is 14.4. The van der Waals surface area contributed by atoms with Gasteiger partial charge in [0, 0.05) is 15.8 Å². The lowest BCUT2D eigenvalue weighted by Crippen LogP contribution is -2.30. The summed E-state index contributed by atoms with van der Waals surface area (Å²) in [5.74, 6) is -0.259. The summed E-state index contributed by atoms with van der Waals surface area (Å²) in [5.41, 5.74) is 1.61. The van der Waals surface area contributed by atoms with E-state index in [1.54, 1.807) is 6.07 Å². The number of carbonyl (C=O) groups excluding carboxylic acids is 1. The van der Waals surface area contributed by atoms with Crippen LogP contribution in [0.2, 0.25) is 0 Å². The molecule has 0 saturated carbocycles. The largest absolute Gasteiger partial charge is 0.338 e. The second kappa shape index (κ2) is 7.23. The fourth-order valence-electron chi connectivity index (χ4n) is 1.75. The van der Waals surface area contributed by atoms with Crippen LogP contribution in [0.25, 0.3) is 0 Å². The SMILES string of the molecule is O=C(NCCc1cccc(F)c1)Nc1cccc(I)c1. The van der Waals surface area contributed by atoms with Crippen LogP contribution in [0.4, 0.5) is 14.9 Å². The normalized spacial score (nSPS) is 10.1. The first-order valence-corrected chi connectivity index (χ1v) is 7.26. The van der Waals surface area contributed by atoms with E-state index in [1.807, 2.05) is 30.3 Å². The van der Waals surface area contributed by atoms with E-state index in [4.69, 9.17) is 0 Å². The molecule has 0 heterocycles. The highest BCUT2D eigenvalue weighted by Crippen LogP contribution is 2.12. The van der Waals surface area contributed by atoms with Crippen molar-refractivity contribution in [3.63, 3.8) is 0 Å². The number of nitrogens with one attached hydrogen (secondary N) is 2. The fraction of sp³-hybridized carbons (Fsp3) is 0.133. The minimum atomic E-state index is -0.261. The Bertz CT molecular complexity index is 604. The molecule has 2 aromatic carbocycles. The van der Waals surface area contributed by atoms with Crippen molar-refractivity contribution in [2.24, 2.45) is 0 Å². The third-order valence-corrected chi connectivity index (χ3v) is 3.34. The Labute approximate surface area is 130 Å². The van der Waals surface area contributed by atoms with Crippen molar-refractivity contribution in [2.45, 2.75) is 6.42 Å². The second-order valence-electron chi connectivity index (χ2n) is 4.27. The molecule has 0 bridgehead atoms. The van der Waals surface area contributed by atoms with Crippen LogP contribution >= 0.6 is 22.6 Å². The smallest absolute Gasteiger partial charge is 0.319 e. The first-order chi connectivity index (χ1) is 9.63. The van der Waals surface area contributed by atoms with Crippen LogP contribution in [0.5, 0.6) is 0 Å². The van der Waals surface area contributed by atoms with Gasteiger partial charge in [0.2, 0.25) is 0 Å². The van der Waals surface area contributed by atoms with Gasteiger partial charge in [-0.25, -0.2) is 9.18 Å². The van der Waals surface area contributed by atoms with Gasteiger partial charge < -0.3 is 10.6 Å². The molecule has 2 amide bonds. The van der Waals surface area contributed by atoms with Crippen molar-refractivity contribution in [1.29, 1.82) is 0 Å². The maximum Gasteiger partial charge on any atom is 0.319 e. The highest BCUT2D eigenvalue weighted by atomic mass is 127. The summed E-state index contributed by atoms with van der Waals surface area (Å²) in [6.45, 7) is 0.458. The maximum atomic E-state index is 13.0. The molecule has 3 nitrogen and oxygen atoms in total. The summed E-state index contributed by atoms with van der Waals surface area (Å²) in [6.07, 6.45) is 0.595. The zero-order valence-electron chi connectivity index (χ0n) is 10.7. The van der Waals surface area contributed by atoms with Crippen molar-refractivity contribution in [1.82, 2.24) is 5.32 Å². The van der Waals surface area contributed by atoms with Crippen molar-refractivity contribution < 1.29 is 9.18 Å². The fourth-order valence-corrected chi connectivity index (χ4v) is 2.30. The summed E-state index contributed by atoms with van der Waals surface area (Å²) >= 11 is 2.18. The van der Waals surface area contributed by atoms with Crippen molar-refractivity contribution in [3.05, 3.63) is 63.5 Å². The number of anilines is 1. The minimum absolute atomic E-state index is 0.259. The highest BCUT2D eigenvalue weighted by Gasteiger charge is 2.02. The van der Waals surface area contributed by atoms with E-state index in [0.717, 1.165) is 14.8 Å². The lowest BCUT2D eigenvalue weighted by molar-refractivity contribution is 0.252. The molecule has 0 fully saturated rings. The maximum absolute atomic E-state index is 13.0. The molecule has 104 valence electrons. The Morgan fingerprint density at radius 1 is 1.15 bits per heavy atom. The number of rotatable bonds is 4. The number of hydrogen-bond acceptors (Lipinski definition) is 1. The highest BCUT2D eigenvalue weighted by molar-refractivity contribution is 14.1.